The third kappa shape index (κ3) is 2.59. The number of hydrogen-bond donors (Lipinski definition) is 0. The Balaban J connectivity index is 1.86. The quantitative estimate of drug-likeness (QED) is 0.660. The van der Waals surface area contributed by atoms with Crippen LogP contribution in [0.5, 0.6) is 5.75 Å². The summed E-state index contributed by atoms with van der Waals surface area (Å²) in [6.45, 7) is 2.66. The number of benzene rings is 2. The second-order valence-electron chi connectivity index (χ2n) is 4.49. The van der Waals surface area contributed by atoms with Gasteiger partial charge in [0.05, 0.1) is 6.61 Å². The predicted octanol–water partition coefficient (Wildman–Crippen LogP) is 5.01. The molecule has 1 heterocycles. The minimum Gasteiger partial charge on any atom is -0.494 e. The molecule has 0 fully saturated rings. The molecule has 0 atom stereocenters. The van der Waals surface area contributed by atoms with Crippen molar-refractivity contribution in [2.75, 3.05) is 6.61 Å². The van der Waals surface area contributed by atoms with Crippen molar-refractivity contribution in [1.82, 2.24) is 0 Å². The van der Waals surface area contributed by atoms with Crippen LogP contribution in [0.3, 0.4) is 0 Å². The molecular weight excluding hydrogens is 248 g/mol. The van der Waals surface area contributed by atoms with Gasteiger partial charge in [0, 0.05) is 11.1 Å². The highest BCUT2D eigenvalue weighted by molar-refractivity contribution is 5.65. The first kappa shape index (κ1) is 12.5. The van der Waals surface area contributed by atoms with Gasteiger partial charge < -0.3 is 9.15 Å². The van der Waals surface area contributed by atoms with E-state index in [4.69, 9.17) is 9.15 Å². The number of furan rings is 1. The maximum absolute atomic E-state index is 5.91. The lowest BCUT2D eigenvalue weighted by molar-refractivity contribution is 0.340. The average Bonchev–Trinajstić information content (AvgIpc) is 2.99. The summed E-state index contributed by atoms with van der Waals surface area (Å²) in [5.74, 6) is 2.63. The van der Waals surface area contributed by atoms with E-state index in [9.17, 15) is 0 Å². The Kier molecular flexibility index (Phi) is 3.55. The van der Waals surface area contributed by atoms with E-state index in [-0.39, 0.29) is 0 Å². The Hall–Kier alpha value is -2.48. The van der Waals surface area contributed by atoms with Crippen molar-refractivity contribution in [1.29, 1.82) is 0 Å². The summed E-state index contributed by atoms with van der Waals surface area (Å²) in [4.78, 5) is 0. The fourth-order valence-electron chi connectivity index (χ4n) is 2.13. The lowest BCUT2D eigenvalue weighted by atomic mass is 10.1. The number of rotatable bonds is 4. The van der Waals surface area contributed by atoms with E-state index in [1.165, 1.54) is 0 Å². The summed E-state index contributed by atoms with van der Waals surface area (Å²) in [5.41, 5.74) is 2.14. The Bertz CT molecular complexity index is 666. The van der Waals surface area contributed by atoms with E-state index < -0.39 is 0 Å². The van der Waals surface area contributed by atoms with Gasteiger partial charge >= 0.3 is 0 Å². The van der Waals surface area contributed by atoms with E-state index in [0.29, 0.717) is 6.61 Å². The minimum absolute atomic E-state index is 0.679. The van der Waals surface area contributed by atoms with Crippen molar-refractivity contribution in [2.45, 2.75) is 6.92 Å². The zero-order valence-electron chi connectivity index (χ0n) is 11.4. The molecule has 0 aliphatic heterocycles. The van der Waals surface area contributed by atoms with Crippen molar-refractivity contribution in [2.24, 2.45) is 0 Å². The molecule has 0 N–H and O–H groups in total. The van der Waals surface area contributed by atoms with E-state index in [1.807, 2.05) is 73.7 Å². The number of hydrogen-bond acceptors (Lipinski definition) is 2. The monoisotopic (exact) mass is 264 g/mol. The summed E-state index contributed by atoms with van der Waals surface area (Å²) in [5, 5.41) is 0. The van der Waals surface area contributed by atoms with Crippen LogP contribution in [0, 0.1) is 0 Å². The fourth-order valence-corrected chi connectivity index (χ4v) is 2.13. The molecule has 0 aliphatic carbocycles. The van der Waals surface area contributed by atoms with Gasteiger partial charge in [-0.1, -0.05) is 30.3 Å². The van der Waals surface area contributed by atoms with Crippen LogP contribution in [0.1, 0.15) is 6.92 Å². The Morgan fingerprint density at radius 2 is 1.35 bits per heavy atom. The van der Waals surface area contributed by atoms with E-state index >= 15 is 0 Å². The van der Waals surface area contributed by atoms with Gasteiger partial charge in [-0.3, -0.25) is 0 Å². The molecule has 2 aromatic carbocycles. The predicted molar refractivity (Wildman–Crippen MR) is 80.7 cm³/mol. The van der Waals surface area contributed by atoms with Crippen LogP contribution in [0.25, 0.3) is 22.6 Å². The molecule has 3 rings (SSSR count). The van der Waals surface area contributed by atoms with Crippen LogP contribution in [-0.4, -0.2) is 6.61 Å². The standard InChI is InChI=1S/C18H16O2/c1-2-19-16-10-8-15(9-11-16)18-13-12-17(20-18)14-6-4-3-5-7-14/h3-13H,2H2,1H3. The zero-order valence-corrected chi connectivity index (χ0v) is 11.4. The van der Waals surface area contributed by atoms with Crippen molar-refractivity contribution in [3.8, 4) is 28.4 Å². The summed E-state index contributed by atoms with van der Waals surface area (Å²) in [6, 6.07) is 22.0. The topological polar surface area (TPSA) is 22.4 Å². The molecule has 0 aliphatic rings. The van der Waals surface area contributed by atoms with Gasteiger partial charge in [-0.15, -0.1) is 0 Å². The molecule has 100 valence electrons. The van der Waals surface area contributed by atoms with Gasteiger partial charge in [-0.25, -0.2) is 0 Å². The molecule has 3 aromatic rings. The van der Waals surface area contributed by atoms with Crippen molar-refractivity contribution >= 4 is 0 Å². The third-order valence-corrected chi connectivity index (χ3v) is 3.11. The fraction of sp³-hybridized carbons (Fsp3) is 0.111. The van der Waals surface area contributed by atoms with E-state index in [1.54, 1.807) is 0 Å². The molecule has 1 aromatic heterocycles. The smallest absolute Gasteiger partial charge is 0.134 e. The van der Waals surface area contributed by atoms with Crippen molar-refractivity contribution in [3.63, 3.8) is 0 Å². The van der Waals surface area contributed by atoms with Gasteiger partial charge in [0.1, 0.15) is 17.3 Å². The highest BCUT2D eigenvalue weighted by atomic mass is 16.5. The second-order valence-corrected chi connectivity index (χ2v) is 4.49. The first-order valence-corrected chi connectivity index (χ1v) is 6.75. The van der Waals surface area contributed by atoms with E-state index in [0.717, 1.165) is 28.4 Å². The molecule has 0 bridgehead atoms. The zero-order chi connectivity index (χ0) is 13.8. The Labute approximate surface area is 118 Å². The third-order valence-electron chi connectivity index (χ3n) is 3.11. The molecule has 0 saturated heterocycles. The van der Waals surface area contributed by atoms with E-state index in [2.05, 4.69) is 0 Å². The van der Waals surface area contributed by atoms with Gasteiger partial charge in [0.15, 0.2) is 0 Å². The largest absolute Gasteiger partial charge is 0.494 e. The highest BCUT2D eigenvalue weighted by Crippen LogP contribution is 2.29. The van der Waals surface area contributed by atoms with Gasteiger partial charge in [0.25, 0.3) is 0 Å². The summed E-state index contributed by atoms with van der Waals surface area (Å²) < 4.78 is 11.4. The first-order valence-electron chi connectivity index (χ1n) is 6.75. The molecule has 0 unspecified atom stereocenters. The summed E-state index contributed by atoms with van der Waals surface area (Å²) in [7, 11) is 0. The average molecular weight is 264 g/mol. The summed E-state index contributed by atoms with van der Waals surface area (Å²) in [6.07, 6.45) is 0. The van der Waals surface area contributed by atoms with Crippen LogP contribution in [-0.2, 0) is 0 Å². The van der Waals surface area contributed by atoms with Crippen LogP contribution in [0.4, 0.5) is 0 Å². The SMILES string of the molecule is CCOc1ccc(-c2ccc(-c3ccccc3)o2)cc1. The van der Waals surface area contributed by atoms with Crippen LogP contribution < -0.4 is 4.74 Å². The maximum atomic E-state index is 5.91. The second kappa shape index (κ2) is 5.66. The summed E-state index contributed by atoms with van der Waals surface area (Å²) >= 11 is 0. The molecule has 0 radical (unpaired) electrons. The Morgan fingerprint density at radius 3 is 1.95 bits per heavy atom. The minimum atomic E-state index is 0.679. The lowest BCUT2D eigenvalue weighted by Crippen LogP contribution is -1.90. The van der Waals surface area contributed by atoms with Gasteiger partial charge in [-0.2, -0.15) is 0 Å². The normalized spacial score (nSPS) is 10.4. The Morgan fingerprint density at radius 1 is 0.750 bits per heavy atom. The van der Waals surface area contributed by atoms with Gasteiger partial charge in [-0.05, 0) is 43.3 Å². The maximum Gasteiger partial charge on any atom is 0.134 e. The molecule has 0 spiro atoms. The van der Waals surface area contributed by atoms with Crippen LogP contribution in [0.2, 0.25) is 0 Å². The number of ether oxygens (including phenoxy) is 1. The molecule has 20 heavy (non-hydrogen) atoms. The molecular formula is C18H16O2. The van der Waals surface area contributed by atoms with Gasteiger partial charge in [0.2, 0.25) is 0 Å². The molecule has 2 heteroatoms. The van der Waals surface area contributed by atoms with Crippen LogP contribution >= 0.6 is 0 Å². The first-order chi connectivity index (χ1) is 9.86. The lowest BCUT2D eigenvalue weighted by Gasteiger charge is -2.03. The van der Waals surface area contributed by atoms with Crippen LogP contribution in [0.15, 0.2) is 71.1 Å². The van der Waals surface area contributed by atoms with Crippen molar-refractivity contribution < 1.29 is 9.15 Å². The molecule has 0 saturated carbocycles. The molecule has 2 nitrogen and oxygen atoms in total. The van der Waals surface area contributed by atoms with Crippen molar-refractivity contribution in [3.05, 3.63) is 66.7 Å². The molecule has 0 amide bonds. The highest BCUT2D eigenvalue weighted by Gasteiger charge is 2.06.